The molecule has 8 heteroatoms. The highest BCUT2D eigenvalue weighted by molar-refractivity contribution is 9.10. The van der Waals surface area contributed by atoms with E-state index in [0.29, 0.717) is 38.9 Å². The van der Waals surface area contributed by atoms with E-state index in [9.17, 15) is 10.1 Å². The van der Waals surface area contributed by atoms with Crippen LogP contribution in [0.25, 0.3) is 6.08 Å². The summed E-state index contributed by atoms with van der Waals surface area (Å²) in [4.78, 5) is 12.6. The molecule has 168 valence electrons. The van der Waals surface area contributed by atoms with Crippen molar-refractivity contribution in [3.63, 3.8) is 0 Å². The number of ether oxygens (including phenoxy) is 2. The van der Waals surface area contributed by atoms with Crippen LogP contribution >= 0.6 is 43.5 Å². The average molecular weight is 591 g/mol. The summed E-state index contributed by atoms with van der Waals surface area (Å²) in [5.41, 5.74) is 1.99. The smallest absolute Gasteiger partial charge is 0.266 e. The van der Waals surface area contributed by atoms with Gasteiger partial charge >= 0.3 is 0 Å². The largest absolute Gasteiger partial charge is 0.490 e. The van der Waals surface area contributed by atoms with Crippen LogP contribution in [-0.4, -0.2) is 12.5 Å². The van der Waals surface area contributed by atoms with Gasteiger partial charge in [0, 0.05) is 20.7 Å². The van der Waals surface area contributed by atoms with Gasteiger partial charge in [-0.05, 0) is 77.0 Å². The molecule has 33 heavy (non-hydrogen) atoms. The number of nitrogens with zero attached hydrogens (tertiary/aromatic N) is 1. The molecule has 0 aliphatic carbocycles. The van der Waals surface area contributed by atoms with Crippen LogP contribution in [-0.2, 0) is 11.4 Å². The average Bonchev–Trinajstić information content (AvgIpc) is 2.79. The van der Waals surface area contributed by atoms with Gasteiger partial charge in [-0.25, -0.2) is 0 Å². The number of carbonyl (C=O) groups is 1. The number of benzene rings is 3. The maximum atomic E-state index is 12.6. The molecular formula is C25H19Br2ClN2O3. The molecule has 0 heterocycles. The zero-order chi connectivity index (χ0) is 23.8. The van der Waals surface area contributed by atoms with Crippen molar-refractivity contribution in [3.8, 4) is 17.6 Å². The first-order chi connectivity index (χ1) is 15.9. The lowest BCUT2D eigenvalue weighted by atomic mass is 10.1. The summed E-state index contributed by atoms with van der Waals surface area (Å²) in [5, 5.41) is 12.9. The fourth-order valence-corrected chi connectivity index (χ4v) is 3.92. The van der Waals surface area contributed by atoms with Gasteiger partial charge in [0.05, 0.1) is 11.1 Å². The number of anilines is 1. The van der Waals surface area contributed by atoms with Crippen molar-refractivity contribution in [2.45, 2.75) is 13.5 Å². The highest BCUT2D eigenvalue weighted by Crippen LogP contribution is 2.38. The third-order valence-electron chi connectivity index (χ3n) is 4.44. The van der Waals surface area contributed by atoms with Gasteiger partial charge in [0.25, 0.3) is 5.91 Å². The Bertz CT molecular complexity index is 1220. The Morgan fingerprint density at radius 3 is 2.52 bits per heavy atom. The maximum Gasteiger partial charge on any atom is 0.266 e. The predicted octanol–water partition coefficient (Wildman–Crippen LogP) is 7.39. The monoisotopic (exact) mass is 588 g/mol. The van der Waals surface area contributed by atoms with Gasteiger partial charge in [-0.15, -0.1) is 0 Å². The quantitative estimate of drug-likeness (QED) is 0.219. The summed E-state index contributed by atoms with van der Waals surface area (Å²) in [6.07, 6.45) is 1.50. The Kier molecular flexibility index (Phi) is 8.95. The molecule has 0 bridgehead atoms. The predicted molar refractivity (Wildman–Crippen MR) is 137 cm³/mol. The number of hydrogen-bond donors (Lipinski definition) is 1. The number of nitrogens with one attached hydrogen (secondary N) is 1. The second kappa shape index (κ2) is 11.9. The highest BCUT2D eigenvalue weighted by Gasteiger charge is 2.15. The van der Waals surface area contributed by atoms with E-state index in [1.165, 1.54) is 6.08 Å². The molecule has 0 spiro atoms. The fraction of sp³-hybridized carbons (Fsp3) is 0.120. The van der Waals surface area contributed by atoms with Crippen molar-refractivity contribution in [2.75, 3.05) is 11.9 Å². The molecule has 0 unspecified atom stereocenters. The lowest BCUT2D eigenvalue weighted by Crippen LogP contribution is -2.13. The summed E-state index contributed by atoms with van der Waals surface area (Å²) in [6, 6.07) is 20.0. The van der Waals surface area contributed by atoms with Crippen LogP contribution in [0.2, 0.25) is 5.02 Å². The Hall–Kier alpha value is -2.79. The minimum atomic E-state index is -0.507. The van der Waals surface area contributed by atoms with Gasteiger partial charge in [0.2, 0.25) is 0 Å². The lowest BCUT2D eigenvalue weighted by molar-refractivity contribution is -0.112. The first-order valence-electron chi connectivity index (χ1n) is 9.92. The zero-order valence-corrected chi connectivity index (χ0v) is 21.5. The van der Waals surface area contributed by atoms with Gasteiger partial charge in [0.15, 0.2) is 11.5 Å². The van der Waals surface area contributed by atoms with Gasteiger partial charge < -0.3 is 14.8 Å². The lowest BCUT2D eigenvalue weighted by Gasteiger charge is -2.15. The highest BCUT2D eigenvalue weighted by atomic mass is 79.9. The maximum absolute atomic E-state index is 12.6. The minimum absolute atomic E-state index is 0.0444. The second-order valence-electron chi connectivity index (χ2n) is 6.77. The van der Waals surface area contributed by atoms with E-state index in [1.807, 2.05) is 31.2 Å². The van der Waals surface area contributed by atoms with Crippen molar-refractivity contribution in [3.05, 3.63) is 91.3 Å². The number of nitriles is 1. The molecule has 0 saturated carbocycles. The van der Waals surface area contributed by atoms with E-state index in [-0.39, 0.29) is 12.2 Å². The van der Waals surface area contributed by atoms with Gasteiger partial charge in [-0.1, -0.05) is 45.7 Å². The fourth-order valence-electron chi connectivity index (χ4n) is 2.89. The van der Waals surface area contributed by atoms with Crippen LogP contribution in [0.4, 0.5) is 5.69 Å². The van der Waals surface area contributed by atoms with Crippen LogP contribution < -0.4 is 14.8 Å². The number of hydrogen-bond acceptors (Lipinski definition) is 4. The molecule has 0 aliphatic rings. The van der Waals surface area contributed by atoms with Crippen LogP contribution in [0.1, 0.15) is 18.1 Å². The second-order valence-corrected chi connectivity index (χ2v) is 8.95. The molecule has 1 amide bonds. The molecule has 0 fully saturated rings. The number of halogens is 3. The van der Waals surface area contributed by atoms with E-state index in [2.05, 4.69) is 37.2 Å². The van der Waals surface area contributed by atoms with E-state index in [0.717, 1.165) is 10.0 Å². The molecule has 0 aromatic heterocycles. The Balaban J connectivity index is 1.85. The molecule has 0 atom stereocenters. The van der Waals surface area contributed by atoms with Crippen LogP contribution in [0.5, 0.6) is 11.5 Å². The van der Waals surface area contributed by atoms with E-state index < -0.39 is 5.91 Å². The van der Waals surface area contributed by atoms with Crippen molar-refractivity contribution in [2.24, 2.45) is 0 Å². The molecule has 1 N–H and O–H groups in total. The Labute approximate surface area is 214 Å². The molecule has 0 radical (unpaired) electrons. The van der Waals surface area contributed by atoms with Gasteiger partial charge in [-0.2, -0.15) is 5.26 Å². The van der Waals surface area contributed by atoms with E-state index >= 15 is 0 Å². The summed E-state index contributed by atoms with van der Waals surface area (Å²) in [5.74, 6) is 0.482. The first-order valence-corrected chi connectivity index (χ1v) is 11.9. The van der Waals surface area contributed by atoms with Crippen molar-refractivity contribution in [1.29, 1.82) is 5.26 Å². The van der Waals surface area contributed by atoms with Crippen LogP contribution in [0, 0.1) is 11.3 Å². The summed E-state index contributed by atoms with van der Waals surface area (Å²) in [7, 11) is 0. The van der Waals surface area contributed by atoms with E-state index in [1.54, 1.807) is 42.5 Å². The zero-order valence-electron chi connectivity index (χ0n) is 17.6. The topological polar surface area (TPSA) is 71.3 Å². The van der Waals surface area contributed by atoms with Gasteiger partial charge in [0.1, 0.15) is 18.2 Å². The summed E-state index contributed by atoms with van der Waals surface area (Å²) >= 11 is 13.1. The van der Waals surface area contributed by atoms with Crippen molar-refractivity contribution in [1.82, 2.24) is 0 Å². The van der Waals surface area contributed by atoms with Crippen molar-refractivity contribution >= 4 is 61.1 Å². The third-order valence-corrected chi connectivity index (χ3v) is 5.93. The summed E-state index contributed by atoms with van der Waals surface area (Å²) in [6.45, 7) is 2.53. The third kappa shape index (κ3) is 6.84. The molecule has 3 aromatic carbocycles. The van der Waals surface area contributed by atoms with Gasteiger partial charge in [-0.3, -0.25) is 4.79 Å². The molecule has 0 aliphatic heterocycles. The Morgan fingerprint density at radius 1 is 1.12 bits per heavy atom. The van der Waals surface area contributed by atoms with E-state index in [4.69, 9.17) is 21.1 Å². The number of carbonyl (C=O) groups excluding carboxylic acids is 1. The molecule has 0 saturated heterocycles. The van der Waals surface area contributed by atoms with Crippen LogP contribution in [0.3, 0.4) is 0 Å². The normalized spacial score (nSPS) is 10.9. The molecule has 3 aromatic rings. The number of rotatable bonds is 8. The molecule has 5 nitrogen and oxygen atoms in total. The SMILES string of the molecule is CCOc1cc(/C=C(\C#N)C(=O)Nc2ccc(Br)cc2)cc(Br)c1OCc1ccccc1Cl. The Morgan fingerprint density at radius 2 is 1.85 bits per heavy atom. The molecule has 3 rings (SSSR count). The molecular weight excluding hydrogens is 572 g/mol. The van der Waals surface area contributed by atoms with Crippen molar-refractivity contribution < 1.29 is 14.3 Å². The van der Waals surface area contributed by atoms with Crippen LogP contribution in [0.15, 0.2) is 75.2 Å². The summed E-state index contributed by atoms with van der Waals surface area (Å²) < 4.78 is 13.3. The minimum Gasteiger partial charge on any atom is -0.490 e. The number of amides is 1. The first kappa shape index (κ1) is 24.8. The standard InChI is InChI=1S/C25H19Br2ClN2O3/c1-2-32-23-13-16(11-18(14-29)25(31)30-20-9-7-19(26)8-10-20)12-21(27)24(23)33-15-17-5-3-4-6-22(17)28/h3-13H,2,15H2,1H3,(H,30,31)/b18-11+.